The molecular formula is C20H16N2O2S. The molecule has 0 fully saturated rings. The summed E-state index contributed by atoms with van der Waals surface area (Å²) >= 11 is 1.54. The molecule has 1 aromatic heterocycles. The van der Waals surface area contributed by atoms with Gasteiger partial charge in [-0.15, -0.1) is 11.3 Å². The van der Waals surface area contributed by atoms with Crippen LogP contribution in [0.3, 0.4) is 0 Å². The molecule has 1 amide bonds. The van der Waals surface area contributed by atoms with Crippen LogP contribution < -0.4 is 4.90 Å². The van der Waals surface area contributed by atoms with E-state index in [4.69, 9.17) is 0 Å². The summed E-state index contributed by atoms with van der Waals surface area (Å²) in [6.45, 7) is 0.435. The number of aromatic nitrogens is 1. The molecule has 0 spiro atoms. The summed E-state index contributed by atoms with van der Waals surface area (Å²) < 4.78 is 0. The van der Waals surface area contributed by atoms with Gasteiger partial charge in [-0.3, -0.25) is 9.59 Å². The van der Waals surface area contributed by atoms with E-state index in [1.165, 1.54) is 0 Å². The summed E-state index contributed by atoms with van der Waals surface area (Å²) in [5, 5.41) is 2.85. The number of Topliss-reactive ketones (excluding diaryl/α,β-unsaturated/α-hetero) is 1. The van der Waals surface area contributed by atoms with Crippen molar-refractivity contribution >= 4 is 28.7 Å². The van der Waals surface area contributed by atoms with E-state index >= 15 is 0 Å². The first-order chi connectivity index (χ1) is 12.2. The highest BCUT2D eigenvalue weighted by atomic mass is 32.1. The zero-order valence-corrected chi connectivity index (χ0v) is 14.3. The SMILES string of the molecule is O=C1CCN(C(=O)Cc2csc(-c3ccccc3)n2)c2ccccc21. The van der Waals surface area contributed by atoms with Gasteiger partial charge in [0, 0.05) is 29.5 Å². The Balaban J connectivity index is 1.55. The van der Waals surface area contributed by atoms with E-state index in [-0.39, 0.29) is 18.1 Å². The number of amides is 1. The Labute approximate surface area is 149 Å². The summed E-state index contributed by atoms with van der Waals surface area (Å²) in [6, 6.07) is 17.2. The van der Waals surface area contributed by atoms with E-state index in [2.05, 4.69) is 4.98 Å². The molecule has 0 radical (unpaired) electrons. The van der Waals surface area contributed by atoms with Crippen LogP contribution in [0.4, 0.5) is 5.69 Å². The lowest BCUT2D eigenvalue weighted by Crippen LogP contribution is -2.38. The molecule has 124 valence electrons. The van der Waals surface area contributed by atoms with Crippen LogP contribution in [0, 0.1) is 0 Å². The molecule has 0 aliphatic carbocycles. The number of ketones is 1. The first-order valence-corrected chi connectivity index (χ1v) is 9.03. The van der Waals surface area contributed by atoms with Crippen LogP contribution in [0.1, 0.15) is 22.5 Å². The van der Waals surface area contributed by atoms with Gasteiger partial charge in [-0.2, -0.15) is 0 Å². The Morgan fingerprint density at radius 2 is 1.84 bits per heavy atom. The highest BCUT2D eigenvalue weighted by Gasteiger charge is 2.27. The minimum absolute atomic E-state index is 0.0233. The number of para-hydroxylation sites is 1. The molecule has 0 N–H and O–H groups in total. The first kappa shape index (κ1) is 15.7. The number of thiazole rings is 1. The van der Waals surface area contributed by atoms with Gasteiger partial charge in [0.2, 0.25) is 5.91 Å². The summed E-state index contributed by atoms with van der Waals surface area (Å²) in [6.07, 6.45) is 0.612. The third-order valence-corrected chi connectivity index (χ3v) is 5.20. The van der Waals surface area contributed by atoms with Crippen molar-refractivity contribution in [3.05, 3.63) is 71.2 Å². The normalized spacial score (nSPS) is 13.6. The molecule has 0 atom stereocenters. The predicted octanol–water partition coefficient (Wildman–Crippen LogP) is 3.97. The fourth-order valence-corrected chi connectivity index (χ4v) is 3.85. The average Bonchev–Trinajstić information content (AvgIpc) is 3.11. The number of hydrogen-bond acceptors (Lipinski definition) is 4. The quantitative estimate of drug-likeness (QED) is 0.719. The van der Waals surface area contributed by atoms with Crippen LogP contribution in [0.2, 0.25) is 0 Å². The van der Waals surface area contributed by atoms with Gasteiger partial charge < -0.3 is 4.90 Å². The van der Waals surface area contributed by atoms with Gasteiger partial charge in [-0.25, -0.2) is 4.98 Å². The first-order valence-electron chi connectivity index (χ1n) is 8.15. The van der Waals surface area contributed by atoms with E-state index in [0.29, 0.717) is 24.2 Å². The van der Waals surface area contributed by atoms with Gasteiger partial charge in [-0.1, -0.05) is 42.5 Å². The Morgan fingerprint density at radius 3 is 2.68 bits per heavy atom. The van der Waals surface area contributed by atoms with Gasteiger partial charge >= 0.3 is 0 Å². The van der Waals surface area contributed by atoms with Crippen molar-refractivity contribution in [3.63, 3.8) is 0 Å². The summed E-state index contributed by atoms with van der Waals surface area (Å²) in [4.78, 5) is 31.1. The van der Waals surface area contributed by atoms with Crippen molar-refractivity contribution in [2.45, 2.75) is 12.8 Å². The van der Waals surface area contributed by atoms with Crippen molar-refractivity contribution in [2.75, 3.05) is 11.4 Å². The second kappa shape index (κ2) is 6.61. The highest BCUT2D eigenvalue weighted by Crippen LogP contribution is 2.28. The third kappa shape index (κ3) is 3.10. The number of anilines is 1. The fourth-order valence-electron chi connectivity index (χ4n) is 3.02. The van der Waals surface area contributed by atoms with Gasteiger partial charge in [0.25, 0.3) is 0 Å². The zero-order valence-electron chi connectivity index (χ0n) is 13.5. The van der Waals surface area contributed by atoms with Gasteiger partial charge in [0.1, 0.15) is 5.01 Å². The van der Waals surface area contributed by atoms with E-state index < -0.39 is 0 Å². The van der Waals surface area contributed by atoms with Crippen LogP contribution >= 0.6 is 11.3 Å². The number of rotatable bonds is 3. The summed E-state index contributed by atoms with van der Waals surface area (Å²) in [5.74, 6) is 0.0736. The van der Waals surface area contributed by atoms with Crippen LogP contribution in [-0.4, -0.2) is 23.2 Å². The molecular weight excluding hydrogens is 332 g/mol. The predicted molar refractivity (Wildman–Crippen MR) is 99.0 cm³/mol. The van der Waals surface area contributed by atoms with E-state index in [1.807, 2.05) is 53.9 Å². The summed E-state index contributed by atoms with van der Waals surface area (Å²) in [5.41, 5.74) is 3.16. The van der Waals surface area contributed by atoms with Crippen molar-refractivity contribution in [2.24, 2.45) is 0 Å². The van der Waals surface area contributed by atoms with E-state index in [9.17, 15) is 9.59 Å². The molecule has 25 heavy (non-hydrogen) atoms. The number of carbonyl (C=O) groups excluding carboxylic acids is 2. The minimum atomic E-state index is -0.0233. The number of nitrogens with zero attached hydrogens (tertiary/aromatic N) is 2. The molecule has 5 heteroatoms. The molecule has 0 bridgehead atoms. The third-order valence-electron chi connectivity index (χ3n) is 4.26. The number of hydrogen-bond donors (Lipinski definition) is 0. The van der Waals surface area contributed by atoms with Gasteiger partial charge in [-0.05, 0) is 12.1 Å². The topological polar surface area (TPSA) is 50.3 Å². The molecule has 1 aliphatic heterocycles. The molecule has 2 heterocycles. The highest BCUT2D eigenvalue weighted by molar-refractivity contribution is 7.13. The number of carbonyl (C=O) groups is 2. The molecule has 3 aromatic rings. The maximum absolute atomic E-state index is 12.8. The Morgan fingerprint density at radius 1 is 1.08 bits per heavy atom. The molecule has 0 unspecified atom stereocenters. The van der Waals surface area contributed by atoms with Crippen molar-refractivity contribution in [1.29, 1.82) is 0 Å². The smallest absolute Gasteiger partial charge is 0.233 e. The van der Waals surface area contributed by atoms with Crippen molar-refractivity contribution in [3.8, 4) is 10.6 Å². The Hall–Kier alpha value is -2.79. The number of fused-ring (bicyclic) bond motifs is 1. The van der Waals surface area contributed by atoms with Gasteiger partial charge in [0.15, 0.2) is 5.78 Å². The van der Waals surface area contributed by atoms with Crippen LogP contribution in [0.15, 0.2) is 60.0 Å². The molecule has 4 rings (SSSR count). The van der Waals surface area contributed by atoms with Crippen molar-refractivity contribution < 1.29 is 9.59 Å². The minimum Gasteiger partial charge on any atom is -0.311 e. The van der Waals surface area contributed by atoms with Crippen molar-refractivity contribution in [1.82, 2.24) is 4.98 Å². The lowest BCUT2D eigenvalue weighted by molar-refractivity contribution is -0.118. The Bertz CT molecular complexity index is 934. The monoisotopic (exact) mass is 348 g/mol. The maximum atomic E-state index is 12.8. The molecule has 1 aliphatic rings. The number of benzene rings is 2. The standard InChI is InChI=1S/C20H16N2O2S/c23-18-10-11-22(17-9-5-4-8-16(17)18)19(24)12-15-13-25-20(21-15)14-6-2-1-3-7-14/h1-9,13H,10-12H2. The largest absolute Gasteiger partial charge is 0.311 e. The second-order valence-corrected chi connectivity index (χ2v) is 6.78. The fraction of sp³-hybridized carbons (Fsp3) is 0.150. The lowest BCUT2D eigenvalue weighted by Gasteiger charge is -2.28. The van der Waals surface area contributed by atoms with Crippen LogP contribution in [0.25, 0.3) is 10.6 Å². The molecule has 4 nitrogen and oxygen atoms in total. The molecule has 0 saturated heterocycles. The van der Waals surface area contributed by atoms with Crippen LogP contribution in [0.5, 0.6) is 0 Å². The van der Waals surface area contributed by atoms with Crippen LogP contribution in [-0.2, 0) is 11.2 Å². The van der Waals surface area contributed by atoms with E-state index in [0.717, 1.165) is 16.3 Å². The lowest BCUT2D eigenvalue weighted by atomic mass is 10.00. The van der Waals surface area contributed by atoms with E-state index in [1.54, 1.807) is 22.3 Å². The Kier molecular flexibility index (Phi) is 4.15. The van der Waals surface area contributed by atoms with Gasteiger partial charge in [0.05, 0.1) is 17.8 Å². The maximum Gasteiger partial charge on any atom is 0.233 e. The summed E-state index contributed by atoms with van der Waals surface area (Å²) in [7, 11) is 0. The zero-order chi connectivity index (χ0) is 17.2. The molecule has 2 aromatic carbocycles. The molecule has 0 saturated carbocycles. The average molecular weight is 348 g/mol. The second-order valence-electron chi connectivity index (χ2n) is 5.92.